The Bertz CT molecular complexity index is 431. The lowest BCUT2D eigenvalue weighted by Gasteiger charge is -2.27. The summed E-state index contributed by atoms with van der Waals surface area (Å²) in [6.07, 6.45) is 5.11. The van der Waals surface area contributed by atoms with Crippen molar-refractivity contribution >= 4 is 5.97 Å². The van der Waals surface area contributed by atoms with Crippen LogP contribution in [0.3, 0.4) is 0 Å². The van der Waals surface area contributed by atoms with Gasteiger partial charge < -0.3 is 10.4 Å². The van der Waals surface area contributed by atoms with Crippen molar-refractivity contribution in [1.29, 1.82) is 0 Å². The number of aliphatic carboxylic acids is 1. The van der Waals surface area contributed by atoms with Gasteiger partial charge in [-0.2, -0.15) is 0 Å². The quantitative estimate of drug-likeness (QED) is 0.827. The van der Waals surface area contributed by atoms with Crippen LogP contribution in [0.4, 0.5) is 0 Å². The Morgan fingerprint density at radius 2 is 2.26 bits per heavy atom. The Morgan fingerprint density at radius 1 is 1.47 bits per heavy atom. The van der Waals surface area contributed by atoms with E-state index in [1.165, 1.54) is 17.5 Å². The van der Waals surface area contributed by atoms with Gasteiger partial charge in [-0.3, -0.25) is 4.79 Å². The molecular weight excluding hydrogens is 238 g/mol. The van der Waals surface area contributed by atoms with E-state index < -0.39 is 12.0 Å². The molecule has 1 aromatic carbocycles. The number of rotatable bonds is 6. The topological polar surface area (TPSA) is 49.3 Å². The Hall–Kier alpha value is -1.35. The van der Waals surface area contributed by atoms with E-state index in [9.17, 15) is 4.79 Å². The molecule has 2 rings (SSSR count). The molecule has 0 heterocycles. The third-order valence-electron chi connectivity index (χ3n) is 3.98. The second-order valence-electron chi connectivity index (χ2n) is 5.38. The SMILES string of the molecule is CCCC(NCC1CCCc2ccccc21)C(=O)O. The molecule has 3 nitrogen and oxygen atoms in total. The number of carboxylic acid groups (broad SMARTS) is 1. The highest BCUT2D eigenvalue weighted by Gasteiger charge is 2.22. The number of fused-ring (bicyclic) bond motifs is 1. The van der Waals surface area contributed by atoms with Crippen molar-refractivity contribution in [2.45, 2.75) is 51.0 Å². The summed E-state index contributed by atoms with van der Waals surface area (Å²) in [6, 6.07) is 8.15. The highest BCUT2D eigenvalue weighted by Crippen LogP contribution is 2.30. The van der Waals surface area contributed by atoms with E-state index in [-0.39, 0.29) is 0 Å². The molecule has 0 fully saturated rings. The summed E-state index contributed by atoms with van der Waals surface area (Å²) in [5.41, 5.74) is 2.84. The first-order valence-electron chi connectivity index (χ1n) is 7.26. The van der Waals surface area contributed by atoms with Gasteiger partial charge in [-0.1, -0.05) is 37.6 Å². The predicted molar refractivity (Wildman–Crippen MR) is 76.5 cm³/mol. The zero-order valence-corrected chi connectivity index (χ0v) is 11.6. The van der Waals surface area contributed by atoms with Crippen LogP contribution in [-0.4, -0.2) is 23.7 Å². The van der Waals surface area contributed by atoms with E-state index in [1.807, 2.05) is 6.92 Å². The number of hydrogen-bond acceptors (Lipinski definition) is 2. The summed E-state index contributed by atoms with van der Waals surface area (Å²) in [5, 5.41) is 12.4. The lowest BCUT2D eigenvalue weighted by atomic mass is 9.82. The summed E-state index contributed by atoms with van der Waals surface area (Å²) >= 11 is 0. The number of carboxylic acids is 1. The fourth-order valence-corrected chi connectivity index (χ4v) is 2.95. The molecular formula is C16H23NO2. The van der Waals surface area contributed by atoms with Crippen molar-refractivity contribution in [3.05, 3.63) is 35.4 Å². The molecule has 0 saturated carbocycles. The minimum atomic E-state index is -0.731. The minimum absolute atomic E-state index is 0.404. The van der Waals surface area contributed by atoms with Crippen molar-refractivity contribution in [3.8, 4) is 0 Å². The molecule has 0 spiro atoms. The van der Waals surface area contributed by atoms with Gasteiger partial charge in [0.15, 0.2) is 0 Å². The molecule has 0 saturated heterocycles. The summed E-state index contributed by atoms with van der Waals surface area (Å²) in [5.74, 6) is -0.269. The molecule has 0 aliphatic heterocycles. The predicted octanol–water partition coefficient (Wildman–Crippen LogP) is 2.95. The summed E-state index contributed by atoms with van der Waals surface area (Å²) in [4.78, 5) is 11.1. The van der Waals surface area contributed by atoms with Crippen molar-refractivity contribution in [2.24, 2.45) is 0 Å². The van der Waals surface area contributed by atoms with Crippen LogP contribution in [0.5, 0.6) is 0 Å². The molecule has 3 heteroatoms. The second kappa shape index (κ2) is 6.71. The summed E-state index contributed by atoms with van der Waals surface area (Å²) in [7, 11) is 0. The van der Waals surface area contributed by atoms with Crippen molar-refractivity contribution in [3.63, 3.8) is 0 Å². The standard InChI is InChI=1S/C16H23NO2/c1-2-6-15(16(18)19)17-11-13-9-5-8-12-7-3-4-10-14(12)13/h3-4,7,10,13,15,17H,2,5-6,8-9,11H2,1H3,(H,18,19). The van der Waals surface area contributed by atoms with Crippen LogP contribution >= 0.6 is 0 Å². The average molecular weight is 261 g/mol. The fraction of sp³-hybridized carbons (Fsp3) is 0.562. The molecule has 0 bridgehead atoms. The molecule has 2 unspecified atom stereocenters. The lowest BCUT2D eigenvalue weighted by molar-refractivity contribution is -0.139. The molecule has 104 valence electrons. The number of nitrogens with one attached hydrogen (secondary N) is 1. The average Bonchev–Trinajstić information content (AvgIpc) is 2.43. The van der Waals surface area contributed by atoms with Crippen molar-refractivity contribution in [1.82, 2.24) is 5.32 Å². The number of benzene rings is 1. The van der Waals surface area contributed by atoms with E-state index in [0.29, 0.717) is 12.3 Å². The summed E-state index contributed by atoms with van der Waals surface area (Å²) < 4.78 is 0. The van der Waals surface area contributed by atoms with Gasteiger partial charge in [-0.15, -0.1) is 0 Å². The first-order chi connectivity index (χ1) is 9.22. The van der Waals surface area contributed by atoms with E-state index in [1.54, 1.807) is 0 Å². The molecule has 2 atom stereocenters. The fourth-order valence-electron chi connectivity index (χ4n) is 2.95. The molecule has 19 heavy (non-hydrogen) atoms. The highest BCUT2D eigenvalue weighted by atomic mass is 16.4. The molecule has 0 aromatic heterocycles. The zero-order chi connectivity index (χ0) is 13.7. The van der Waals surface area contributed by atoms with Crippen LogP contribution in [-0.2, 0) is 11.2 Å². The Kier molecular flexibility index (Phi) is 4.97. The number of hydrogen-bond donors (Lipinski definition) is 2. The van der Waals surface area contributed by atoms with Gasteiger partial charge in [-0.05, 0) is 42.7 Å². The highest BCUT2D eigenvalue weighted by molar-refractivity contribution is 5.73. The van der Waals surface area contributed by atoms with Gasteiger partial charge >= 0.3 is 5.97 Å². The smallest absolute Gasteiger partial charge is 0.320 e. The maximum absolute atomic E-state index is 11.1. The lowest BCUT2D eigenvalue weighted by Crippen LogP contribution is -2.39. The maximum Gasteiger partial charge on any atom is 0.320 e. The molecule has 1 aromatic rings. The normalized spacial score (nSPS) is 19.7. The summed E-state index contributed by atoms with van der Waals surface area (Å²) in [6.45, 7) is 2.79. The number of carbonyl (C=O) groups is 1. The van der Waals surface area contributed by atoms with Gasteiger partial charge in [-0.25, -0.2) is 0 Å². The van der Waals surface area contributed by atoms with Gasteiger partial charge in [0.1, 0.15) is 6.04 Å². The van der Waals surface area contributed by atoms with Crippen LogP contribution in [0.25, 0.3) is 0 Å². The van der Waals surface area contributed by atoms with E-state index >= 15 is 0 Å². The first kappa shape index (κ1) is 14.1. The van der Waals surface area contributed by atoms with E-state index in [2.05, 4.69) is 29.6 Å². The maximum atomic E-state index is 11.1. The van der Waals surface area contributed by atoms with Crippen LogP contribution in [0.1, 0.15) is 49.7 Å². The van der Waals surface area contributed by atoms with Crippen LogP contribution in [0, 0.1) is 0 Å². The van der Waals surface area contributed by atoms with Gasteiger partial charge in [0, 0.05) is 6.54 Å². The Balaban J connectivity index is 1.98. The Morgan fingerprint density at radius 3 is 3.00 bits per heavy atom. The van der Waals surface area contributed by atoms with Gasteiger partial charge in [0.05, 0.1) is 0 Å². The molecule has 0 amide bonds. The molecule has 0 radical (unpaired) electrons. The number of aryl methyl sites for hydroxylation is 1. The van der Waals surface area contributed by atoms with Crippen LogP contribution < -0.4 is 5.32 Å². The molecule has 1 aliphatic rings. The third-order valence-corrected chi connectivity index (χ3v) is 3.98. The zero-order valence-electron chi connectivity index (χ0n) is 11.6. The van der Waals surface area contributed by atoms with Crippen molar-refractivity contribution in [2.75, 3.05) is 6.54 Å². The Labute approximate surface area is 115 Å². The molecule has 1 aliphatic carbocycles. The minimum Gasteiger partial charge on any atom is -0.480 e. The largest absolute Gasteiger partial charge is 0.480 e. The second-order valence-corrected chi connectivity index (χ2v) is 5.38. The van der Waals surface area contributed by atoms with Crippen LogP contribution in [0.2, 0.25) is 0 Å². The molecule has 2 N–H and O–H groups in total. The van der Waals surface area contributed by atoms with E-state index in [0.717, 1.165) is 25.8 Å². The van der Waals surface area contributed by atoms with Gasteiger partial charge in [0.25, 0.3) is 0 Å². The third kappa shape index (κ3) is 3.57. The van der Waals surface area contributed by atoms with Crippen LogP contribution in [0.15, 0.2) is 24.3 Å². The van der Waals surface area contributed by atoms with Crippen molar-refractivity contribution < 1.29 is 9.90 Å². The first-order valence-corrected chi connectivity index (χ1v) is 7.26. The van der Waals surface area contributed by atoms with E-state index in [4.69, 9.17) is 5.11 Å². The monoisotopic (exact) mass is 261 g/mol. The van der Waals surface area contributed by atoms with Gasteiger partial charge in [0.2, 0.25) is 0 Å².